The fourth-order valence-electron chi connectivity index (χ4n) is 2.83. The summed E-state index contributed by atoms with van der Waals surface area (Å²) < 4.78 is 7.61. The second-order valence-corrected chi connectivity index (χ2v) is 5.10. The van der Waals surface area contributed by atoms with Gasteiger partial charge in [0.1, 0.15) is 0 Å². The average molecular weight is 234 g/mol. The molecule has 0 amide bonds. The van der Waals surface area contributed by atoms with E-state index >= 15 is 0 Å². The van der Waals surface area contributed by atoms with Crippen molar-refractivity contribution in [1.82, 2.24) is 14.7 Å². The molecule has 4 heteroatoms. The molecule has 0 bridgehead atoms. The number of ether oxygens (including phenoxy) is 1. The van der Waals surface area contributed by atoms with Gasteiger partial charge in [0.2, 0.25) is 0 Å². The van der Waals surface area contributed by atoms with Crippen LogP contribution in [0.2, 0.25) is 0 Å². The van der Waals surface area contributed by atoms with E-state index in [1.54, 1.807) is 0 Å². The van der Waals surface area contributed by atoms with Crippen LogP contribution in [0.1, 0.15) is 50.1 Å². The zero-order valence-electron chi connectivity index (χ0n) is 10.4. The predicted molar refractivity (Wildman–Crippen MR) is 64.5 cm³/mol. The van der Waals surface area contributed by atoms with Crippen LogP contribution >= 0.6 is 0 Å². The molecule has 1 aromatic heterocycles. The summed E-state index contributed by atoms with van der Waals surface area (Å²) in [6.45, 7) is 2.04. The smallest absolute Gasteiger partial charge is 0.150 e. The highest BCUT2D eigenvalue weighted by Crippen LogP contribution is 2.30. The first-order valence-corrected chi connectivity index (χ1v) is 6.63. The molecular weight excluding hydrogens is 214 g/mol. The number of hydrogen-bond donors (Lipinski definition) is 0. The molecular formula is C13H20N3O. The molecule has 0 aromatic carbocycles. The fraction of sp³-hybridized carbons (Fsp3) is 0.769. The zero-order valence-corrected chi connectivity index (χ0v) is 10.4. The lowest BCUT2D eigenvalue weighted by Crippen LogP contribution is -2.21. The largest absolute Gasteiger partial charge is 0.356 e. The zero-order chi connectivity index (χ0) is 11.7. The van der Waals surface area contributed by atoms with Crippen LogP contribution in [0.3, 0.4) is 0 Å². The van der Waals surface area contributed by atoms with E-state index in [1.165, 1.54) is 32.2 Å². The van der Waals surface area contributed by atoms with Crippen molar-refractivity contribution in [1.29, 1.82) is 0 Å². The summed E-state index contributed by atoms with van der Waals surface area (Å²) in [6.07, 6.45) is 9.31. The molecule has 0 spiro atoms. The Morgan fingerprint density at radius 3 is 3.00 bits per heavy atom. The second-order valence-electron chi connectivity index (χ2n) is 5.10. The Kier molecular flexibility index (Phi) is 3.16. The van der Waals surface area contributed by atoms with Gasteiger partial charge >= 0.3 is 0 Å². The molecule has 3 heterocycles. The van der Waals surface area contributed by atoms with Gasteiger partial charge in [-0.25, -0.2) is 4.68 Å². The van der Waals surface area contributed by atoms with E-state index in [4.69, 9.17) is 4.74 Å². The molecule has 93 valence electrons. The van der Waals surface area contributed by atoms with Crippen molar-refractivity contribution in [2.45, 2.75) is 44.4 Å². The van der Waals surface area contributed by atoms with E-state index in [2.05, 4.69) is 23.2 Å². The Morgan fingerprint density at radius 1 is 1.35 bits per heavy atom. The molecule has 4 nitrogen and oxygen atoms in total. The number of likely N-dealkylation sites (tertiary alicyclic amines) is 1. The second kappa shape index (κ2) is 4.78. The van der Waals surface area contributed by atoms with Crippen LogP contribution in [0, 0.1) is 6.20 Å². The minimum Gasteiger partial charge on any atom is -0.356 e. The monoisotopic (exact) mass is 234 g/mol. The minimum absolute atomic E-state index is 0.115. The third-order valence-corrected chi connectivity index (χ3v) is 3.86. The van der Waals surface area contributed by atoms with E-state index in [0.717, 1.165) is 18.7 Å². The molecule has 2 aliphatic rings. The summed E-state index contributed by atoms with van der Waals surface area (Å²) in [5.41, 5.74) is 1.15. The number of aromatic nitrogens is 2. The van der Waals surface area contributed by atoms with Crippen LogP contribution in [0.4, 0.5) is 0 Å². The molecule has 1 aromatic rings. The summed E-state index contributed by atoms with van der Waals surface area (Å²) in [5, 5.41) is 4.66. The van der Waals surface area contributed by atoms with Crippen molar-refractivity contribution < 1.29 is 4.74 Å². The van der Waals surface area contributed by atoms with Crippen LogP contribution in [-0.2, 0) is 4.74 Å². The summed E-state index contributed by atoms with van der Waals surface area (Å²) in [4.78, 5) is 2.38. The summed E-state index contributed by atoms with van der Waals surface area (Å²) in [6, 6.07) is 2.51. The van der Waals surface area contributed by atoms with Gasteiger partial charge in [-0.1, -0.05) is 0 Å². The van der Waals surface area contributed by atoms with Gasteiger partial charge in [0, 0.05) is 6.61 Å². The standard InChI is InChI=1S/C13H20N3O/c1-15-8-4-5-12(15)11-7-9-16(14-11)13-6-2-3-10-17-13/h7,12-13H,2-6,8,10H2,1H3/t12-,13?/m0/s1. The van der Waals surface area contributed by atoms with Gasteiger partial charge in [-0.15, -0.1) is 0 Å². The Hall–Kier alpha value is -0.870. The van der Waals surface area contributed by atoms with E-state index in [-0.39, 0.29) is 6.23 Å². The maximum Gasteiger partial charge on any atom is 0.150 e. The molecule has 0 aliphatic carbocycles. The molecule has 3 rings (SSSR count). The van der Waals surface area contributed by atoms with E-state index < -0.39 is 0 Å². The fourth-order valence-corrected chi connectivity index (χ4v) is 2.83. The van der Waals surface area contributed by atoms with Crippen molar-refractivity contribution in [2.24, 2.45) is 0 Å². The number of rotatable bonds is 2. The quantitative estimate of drug-likeness (QED) is 0.785. The van der Waals surface area contributed by atoms with Gasteiger partial charge in [0.15, 0.2) is 6.23 Å². The van der Waals surface area contributed by atoms with Crippen LogP contribution in [0.15, 0.2) is 6.07 Å². The Morgan fingerprint density at radius 2 is 2.29 bits per heavy atom. The lowest BCUT2D eigenvalue weighted by molar-refractivity contribution is -0.0403. The van der Waals surface area contributed by atoms with E-state index in [1.807, 2.05) is 10.7 Å². The normalized spacial score (nSPS) is 30.9. The van der Waals surface area contributed by atoms with Gasteiger partial charge in [0.25, 0.3) is 0 Å². The van der Waals surface area contributed by atoms with Crippen molar-refractivity contribution in [3.63, 3.8) is 0 Å². The van der Waals surface area contributed by atoms with Gasteiger partial charge in [-0.3, -0.25) is 4.90 Å². The summed E-state index contributed by atoms with van der Waals surface area (Å²) in [7, 11) is 2.17. The molecule has 17 heavy (non-hydrogen) atoms. The first-order valence-electron chi connectivity index (χ1n) is 6.63. The molecule has 1 unspecified atom stereocenters. The van der Waals surface area contributed by atoms with Gasteiger partial charge in [-0.05, 0) is 51.8 Å². The highest BCUT2D eigenvalue weighted by atomic mass is 16.5. The lowest BCUT2D eigenvalue weighted by atomic mass is 10.1. The molecule has 2 fully saturated rings. The van der Waals surface area contributed by atoms with Crippen LogP contribution < -0.4 is 0 Å². The minimum atomic E-state index is 0.115. The summed E-state index contributed by atoms with van der Waals surface area (Å²) >= 11 is 0. The van der Waals surface area contributed by atoms with Crippen molar-refractivity contribution >= 4 is 0 Å². The number of nitrogens with zero attached hydrogens (tertiary/aromatic N) is 3. The highest BCUT2D eigenvalue weighted by Gasteiger charge is 2.26. The molecule has 2 saturated heterocycles. The maximum atomic E-state index is 5.72. The van der Waals surface area contributed by atoms with Crippen molar-refractivity contribution in [3.8, 4) is 0 Å². The Bertz CT molecular complexity index is 370. The third kappa shape index (κ3) is 2.24. The number of hydrogen-bond acceptors (Lipinski definition) is 3. The molecule has 1 radical (unpaired) electrons. The molecule has 2 atom stereocenters. The maximum absolute atomic E-state index is 5.72. The lowest BCUT2D eigenvalue weighted by Gasteiger charge is -2.23. The Labute approximate surface area is 103 Å². The van der Waals surface area contributed by atoms with Crippen LogP contribution in [0.25, 0.3) is 0 Å². The molecule has 0 saturated carbocycles. The van der Waals surface area contributed by atoms with Gasteiger partial charge in [-0.2, -0.15) is 5.10 Å². The van der Waals surface area contributed by atoms with E-state index in [0.29, 0.717) is 6.04 Å². The van der Waals surface area contributed by atoms with Crippen LogP contribution in [-0.4, -0.2) is 34.9 Å². The Balaban J connectivity index is 1.73. The first kappa shape index (κ1) is 11.2. The van der Waals surface area contributed by atoms with Gasteiger partial charge in [0.05, 0.1) is 17.9 Å². The molecule has 2 aliphatic heterocycles. The first-order chi connectivity index (χ1) is 8.34. The average Bonchev–Trinajstić information content (AvgIpc) is 2.98. The highest BCUT2D eigenvalue weighted by molar-refractivity contribution is 5.07. The summed E-state index contributed by atoms with van der Waals surface area (Å²) in [5.74, 6) is 0. The van der Waals surface area contributed by atoms with Crippen molar-refractivity contribution in [3.05, 3.63) is 18.0 Å². The third-order valence-electron chi connectivity index (χ3n) is 3.86. The topological polar surface area (TPSA) is 30.3 Å². The van der Waals surface area contributed by atoms with Gasteiger partial charge < -0.3 is 4.74 Å². The van der Waals surface area contributed by atoms with E-state index in [9.17, 15) is 0 Å². The van der Waals surface area contributed by atoms with Crippen LogP contribution in [0.5, 0.6) is 0 Å². The predicted octanol–water partition coefficient (Wildman–Crippen LogP) is 2.15. The molecule has 0 N–H and O–H groups in total. The van der Waals surface area contributed by atoms with Crippen molar-refractivity contribution in [2.75, 3.05) is 20.2 Å². The SMILES string of the molecule is CN1CCC[C@H]1c1c[c]n(C2CCCCO2)n1.